The maximum atomic E-state index is 12.7. The van der Waals surface area contributed by atoms with Crippen LogP contribution in [0.5, 0.6) is 0 Å². The Bertz CT molecular complexity index is 875. The average molecular weight is 350 g/mol. The van der Waals surface area contributed by atoms with Crippen molar-refractivity contribution >= 4 is 29.2 Å². The summed E-state index contributed by atoms with van der Waals surface area (Å²) < 4.78 is 0. The lowest BCUT2D eigenvalue weighted by Gasteiger charge is -2.13. The fourth-order valence-electron chi connectivity index (χ4n) is 2.68. The van der Waals surface area contributed by atoms with Gasteiger partial charge in [-0.2, -0.15) is 10.1 Å². The number of nitrogens with zero attached hydrogens (tertiary/aromatic N) is 4. The molecule has 1 aliphatic rings. The number of carbonyl (C=O) groups excluding carboxylic acids is 1. The number of hydrazone groups is 1. The minimum Gasteiger partial charge on any atom is -0.289 e. The van der Waals surface area contributed by atoms with Crippen molar-refractivity contribution < 1.29 is 9.72 Å². The smallest absolute Gasteiger partial charge is 0.269 e. The summed E-state index contributed by atoms with van der Waals surface area (Å²) in [5, 5.41) is 16.3. The van der Waals surface area contributed by atoms with Gasteiger partial charge >= 0.3 is 0 Å². The van der Waals surface area contributed by atoms with Crippen molar-refractivity contribution in [2.24, 2.45) is 16.0 Å². The number of nitro benzene ring substituents is 1. The van der Waals surface area contributed by atoms with E-state index in [1.54, 1.807) is 13.1 Å². The molecule has 7 heteroatoms. The van der Waals surface area contributed by atoms with Crippen LogP contribution in [0.4, 0.5) is 11.4 Å². The van der Waals surface area contributed by atoms with E-state index in [-0.39, 0.29) is 17.6 Å². The molecule has 0 radical (unpaired) electrons. The van der Waals surface area contributed by atoms with Crippen LogP contribution in [-0.4, -0.2) is 22.8 Å². The van der Waals surface area contributed by atoms with Gasteiger partial charge in [0.1, 0.15) is 5.92 Å². The molecule has 7 nitrogen and oxygen atoms in total. The van der Waals surface area contributed by atoms with Crippen LogP contribution < -0.4 is 5.01 Å². The second-order valence-electron chi connectivity index (χ2n) is 6.03. The van der Waals surface area contributed by atoms with Crippen molar-refractivity contribution in [3.8, 4) is 0 Å². The van der Waals surface area contributed by atoms with Crippen LogP contribution in [0.25, 0.3) is 0 Å². The number of nitro groups is 1. The van der Waals surface area contributed by atoms with Gasteiger partial charge in [-0.25, -0.2) is 0 Å². The largest absolute Gasteiger partial charge is 0.289 e. The standard InChI is InChI=1S/C19H18N4O3/c1-13(15-6-4-3-5-7-15)20-12-18-14(2)21-22(19(18)24)16-8-10-17(11-9-16)23(25)26/h3-13,18H,1-2H3/t13-,18+/m1/s1. The summed E-state index contributed by atoms with van der Waals surface area (Å²) >= 11 is 0. The minimum atomic E-state index is -0.531. The van der Waals surface area contributed by atoms with Gasteiger partial charge in [-0.15, -0.1) is 0 Å². The van der Waals surface area contributed by atoms with Gasteiger partial charge in [0.2, 0.25) is 0 Å². The molecule has 2 atom stereocenters. The number of benzene rings is 2. The van der Waals surface area contributed by atoms with Crippen molar-refractivity contribution in [2.45, 2.75) is 19.9 Å². The van der Waals surface area contributed by atoms with Gasteiger partial charge in [-0.05, 0) is 31.5 Å². The molecule has 0 aromatic heterocycles. The van der Waals surface area contributed by atoms with Gasteiger partial charge in [-0.3, -0.25) is 19.9 Å². The first-order valence-corrected chi connectivity index (χ1v) is 8.19. The summed E-state index contributed by atoms with van der Waals surface area (Å²) in [5.74, 6) is -0.753. The lowest BCUT2D eigenvalue weighted by molar-refractivity contribution is -0.384. The Morgan fingerprint density at radius 1 is 1.19 bits per heavy atom. The number of amides is 1. The maximum Gasteiger partial charge on any atom is 0.269 e. The van der Waals surface area contributed by atoms with Crippen molar-refractivity contribution in [2.75, 3.05) is 5.01 Å². The predicted octanol–water partition coefficient (Wildman–Crippen LogP) is 3.77. The number of carbonyl (C=O) groups is 1. The molecule has 1 amide bonds. The molecule has 0 unspecified atom stereocenters. The van der Waals surface area contributed by atoms with Crippen LogP contribution in [0.2, 0.25) is 0 Å². The van der Waals surface area contributed by atoms with Gasteiger partial charge in [0.15, 0.2) is 0 Å². The highest BCUT2D eigenvalue weighted by Crippen LogP contribution is 2.26. The summed E-state index contributed by atoms with van der Waals surface area (Å²) in [6.45, 7) is 3.74. The Morgan fingerprint density at radius 3 is 2.46 bits per heavy atom. The molecule has 2 aromatic carbocycles. The number of non-ortho nitro benzene ring substituents is 1. The number of aliphatic imine (C=N–C) groups is 1. The minimum absolute atomic E-state index is 0.0316. The third-order valence-corrected chi connectivity index (χ3v) is 4.23. The Hall–Kier alpha value is -3.35. The Kier molecular flexibility index (Phi) is 4.88. The molecule has 0 aliphatic carbocycles. The third kappa shape index (κ3) is 3.51. The number of rotatable bonds is 5. The first-order chi connectivity index (χ1) is 12.5. The Morgan fingerprint density at radius 2 is 1.85 bits per heavy atom. The second-order valence-corrected chi connectivity index (χ2v) is 6.03. The van der Waals surface area contributed by atoms with E-state index in [1.165, 1.54) is 29.3 Å². The fourth-order valence-corrected chi connectivity index (χ4v) is 2.68. The zero-order chi connectivity index (χ0) is 18.7. The van der Waals surface area contributed by atoms with Gasteiger partial charge in [0.05, 0.1) is 22.4 Å². The zero-order valence-corrected chi connectivity index (χ0v) is 14.4. The summed E-state index contributed by atoms with van der Waals surface area (Å²) in [6, 6.07) is 15.5. The van der Waals surface area contributed by atoms with Crippen LogP contribution >= 0.6 is 0 Å². The normalized spacial score (nSPS) is 18.2. The maximum absolute atomic E-state index is 12.7. The molecular weight excluding hydrogens is 332 g/mol. The van der Waals surface area contributed by atoms with E-state index in [0.717, 1.165) is 5.56 Å². The first kappa shape index (κ1) is 17.5. The molecule has 0 bridgehead atoms. The average Bonchev–Trinajstić information content (AvgIpc) is 2.94. The van der Waals surface area contributed by atoms with Crippen LogP contribution in [0.15, 0.2) is 64.7 Å². The SMILES string of the molecule is CC1=NN(c2ccc([N+](=O)[O-])cc2)C(=O)[C@H]1C=N[C@H](C)c1ccccc1. The summed E-state index contributed by atoms with van der Waals surface area (Å²) in [5.41, 5.74) is 2.16. The molecule has 1 heterocycles. The highest BCUT2D eigenvalue weighted by molar-refractivity contribution is 6.23. The van der Waals surface area contributed by atoms with E-state index in [9.17, 15) is 14.9 Å². The Labute approximate surface area is 150 Å². The molecule has 2 aromatic rings. The first-order valence-electron chi connectivity index (χ1n) is 8.19. The molecule has 0 saturated carbocycles. The number of anilines is 1. The zero-order valence-electron chi connectivity index (χ0n) is 14.4. The Balaban J connectivity index is 1.75. The van der Waals surface area contributed by atoms with Gasteiger partial charge in [0.25, 0.3) is 11.6 Å². The van der Waals surface area contributed by atoms with E-state index >= 15 is 0 Å². The van der Waals surface area contributed by atoms with Gasteiger partial charge in [0, 0.05) is 18.3 Å². The number of hydrogen-bond acceptors (Lipinski definition) is 5. The van der Waals surface area contributed by atoms with Crippen LogP contribution in [0.1, 0.15) is 25.5 Å². The molecule has 0 saturated heterocycles. The highest BCUT2D eigenvalue weighted by Gasteiger charge is 2.33. The molecule has 132 valence electrons. The predicted molar refractivity (Wildman–Crippen MR) is 101 cm³/mol. The molecule has 26 heavy (non-hydrogen) atoms. The van der Waals surface area contributed by atoms with Crippen LogP contribution in [-0.2, 0) is 4.79 Å². The summed E-state index contributed by atoms with van der Waals surface area (Å²) in [6.07, 6.45) is 1.63. The monoisotopic (exact) mass is 350 g/mol. The van der Waals surface area contributed by atoms with E-state index in [2.05, 4.69) is 10.1 Å². The van der Waals surface area contributed by atoms with Crippen LogP contribution in [0.3, 0.4) is 0 Å². The van der Waals surface area contributed by atoms with Gasteiger partial charge < -0.3 is 0 Å². The second kappa shape index (κ2) is 7.26. The van der Waals surface area contributed by atoms with E-state index < -0.39 is 10.8 Å². The van der Waals surface area contributed by atoms with E-state index in [1.807, 2.05) is 37.3 Å². The van der Waals surface area contributed by atoms with Crippen molar-refractivity contribution in [1.29, 1.82) is 0 Å². The molecule has 0 spiro atoms. The molecule has 0 fully saturated rings. The van der Waals surface area contributed by atoms with E-state index in [4.69, 9.17) is 0 Å². The quantitative estimate of drug-likeness (QED) is 0.467. The van der Waals surface area contributed by atoms with E-state index in [0.29, 0.717) is 11.4 Å². The lowest BCUT2D eigenvalue weighted by Crippen LogP contribution is -2.28. The van der Waals surface area contributed by atoms with Crippen molar-refractivity contribution in [1.82, 2.24) is 0 Å². The number of hydrogen-bond donors (Lipinski definition) is 0. The fraction of sp³-hybridized carbons (Fsp3) is 0.211. The molecular formula is C19H18N4O3. The van der Waals surface area contributed by atoms with Crippen molar-refractivity contribution in [3.05, 3.63) is 70.3 Å². The topological polar surface area (TPSA) is 88.2 Å². The molecule has 3 rings (SSSR count). The summed E-state index contributed by atoms with van der Waals surface area (Å²) in [7, 11) is 0. The van der Waals surface area contributed by atoms with Crippen molar-refractivity contribution in [3.63, 3.8) is 0 Å². The highest BCUT2D eigenvalue weighted by atomic mass is 16.6. The molecule has 0 N–H and O–H groups in total. The molecule has 1 aliphatic heterocycles. The van der Waals surface area contributed by atoms with Crippen LogP contribution in [0, 0.1) is 16.0 Å². The van der Waals surface area contributed by atoms with Gasteiger partial charge in [-0.1, -0.05) is 30.3 Å². The third-order valence-electron chi connectivity index (χ3n) is 4.23. The lowest BCUT2D eigenvalue weighted by atomic mass is 10.1. The summed E-state index contributed by atoms with van der Waals surface area (Å²) in [4.78, 5) is 27.4.